The van der Waals surface area contributed by atoms with Crippen LogP contribution in [0.5, 0.6) is 0 Å². The average Bonchev–Trinajstić information content (AvgIpc) is 3.09. The van der Waals surface area contributed by atoms with Gasteiger partial charge in [0.25, 0.3) is 0 Å². The zero-order chi connectivity index (χ0) is 18.1. The number of nitrogens with one attached hydrogen (secondary N) is 2. The molecule has 0 aliphatic carbocycles. The summed E-state index contributed by atoms with van der Waals surface area (Å²) in [6, 6.07) is 11.3. The SMILES string of the molecule is CN(C)C(=O)CNC(=NCc1cccc(Cl)c1)NCCc1ccco1. The van der Waals surface area contributed by atoms with Crippen molar-refractivity contribution in [2.24, 2.45) is 4.99 Å². The second-order valence-corrected chi connectivity index (χ2v) is 6.13. The third kappa shape index (κ3) is 6.89. The van der Waals surface area contributed by atoms with Gasteiger partial charge in [-0.1, -0.05) is 23.7 Å². The van der Waals surface area contributed by atoms with E-state index in [9.17, 15) is 4.79 Å². The van der Waals surface area contributed by atoms with Crippen molar-refractivity contribution in [1.82, 2.24) is 15.5 Å². The maximum Gasteiger partial charge on any atom is 0.241 e. The molecule has 0 aliphatic rings. The number of hydrogen-bond donors (Lipinski definition) is 2. The molecule has 2 rings (SSSR count). The van der Waals surface area contributed by atoms with Gasteiger partial charge in [0.15, 0.2) is 5.96 Å². The molecule has 0 aliphatic heterocycles. The molecule has 0 radical (unpaired) electrons. The molecule has 0 spiro atoms. The summed E-state index contributed by atoms with van der Waals surface area (Å²) in [6.07, 6.45) is 2.38. The van der Waals surface area contributed by atoms with Crippen LogP contribution in [0.2, 0.25) is 5.02 Å². The molecule has 0 atom stereocenters. The highest BCUT2D eigenvalue weighted by Crippen LogP contribution is 2.11. The molecule has 6 nitrogen and oxygen atoms in total. The van der Waals surface area contributed by atoms with Crippen LogP contribution in [0.3, 0.4) is 0 Å². The summed E-state index contributed by atoms with van der Waals surface area (Å²) in [5.74, 6) is 1.44. The summed E-state index contributed by atoms with van der Waals surface area (Å²) < 4.78 is 5.31. The van der Waals surface area contributed by atoms with Crippen molar-refractivity contribution in [3.63, 3.8) is 0 Å². The lowest BCUT2D eigenvalue weighted by molar-refractivity contribution is -0.127. The van der Waals surface area contributed by atoms with Gasteiger partial charge >= 0.3 is 0 Å². The van der Waals surface area contributed by atoms with Crippen LogP contribution in [-0.4, -0.2) is 44.0 Å². The first kappa shape index (κ1) is 18.9. The number of halogens is 1. The van der Waals surface area contributed by atoms with Crippen molar-refractivity contribution in [2.45, 2.75) is 13.0 Å². The average molecular weight is 363 g/mol. The minimum absolute atomic E-state index is 0.0247. The fourth-order valence-corrected chi connectivity index (χ4v) is 2.27. The smallest absolute Gasteiger partial charge is 0.241 e. The normalized spacial score (nSPS) is 11.2. The van der Waals surface area contributed by atoms with Gasteiger partial charge in [0.1, 0.15) is 5.76 Å². The van der Waals surface area contributed by atoms with E-state index in [1.165, 1.54) is 4.90 Å². The Hall–Kier alpha value is -2.47. The third-order valence-electron chi connectivity index (χ3n) is 3.46. The van der Waals surface area contributed by atoms with Gasteiger partial charge in [-0.25, -0.2) is 4.99 Å². The first-order valence-electron chi connectivity index (χ1n) is 8.04. The Balaban J connectivity index is 1.94. The lowest BCUT2D eigenvalue weighted by atomic mass is 10.2. The monoisotopic (exact) mass is 362 g/mol. The van der Waals surface area contributed by atoms with E-state index < -0.39 is 0 Å². The van der Waals surface area contributed by atoms with E-state index in [4.69, 9.17) is 16.0 Å². The number of guanidine groups is 1. The molecule has 0 fully saturated rings. The van der Waals surface area contributed by atoms with Crippen LogP contribution in [0.4, 0.5) is 0 Å². The third-order valence-corrected chi connectivity index (χ3v) is 3.69. The van der Waals surface area contributed by atoms with Crippen LogP contribution in [0.25, 0.3) is 0 Å². The molecule has 0 unspecified atom stereocenters. The number of benzene rings is 1. The first-order chi connectivity index (χ1) is 12.0. The minimum Gasteiger partial charge on any atom is -0.469 e. The lowest BCUT2D eigenvalue weighted by Gasteiger charge is -2.14. The van der Waals surface area contributed by atoms with E-state index in [2.05, 4.69) is 15.6 Å². The van der Waals surface area contributed by atoms with E-state index in [1.54, 1.807) is 20.4 Å². The summed E-state index contributed by atoms with van der Waals surface area (Å²) in [5.41, 5.74) is 0.999. The molecule has 7 heteroatoms. The number of aliphatic imine (C=N–C) groups is 1. The van der Waals surface area contributed by atoms with E-state index in [1.807, 2.05) is 36.4 Å². The molecular formula is C18H23ClN4O2. The number of amides is 1. The van der Waals surface area contributed by atoms with Crippen LogP contribution in [0.15, 0.2) is 52.1 Å². The topological polar surface area (TPSA) is 69.9 Å². The largest absolute Gasteiger partial charge is 0.469 e. The Labute approximate surface area is 152 Å². The maximum atomic E-state index is 11.8. The van der Waals surface area contributed by atoms with Crippen LogP contribution in [0.1, 0.15) is 11.3 Å². The molecular weight excluding hydrogens is 340 g/mol. The lowest BCUT2D eigenvalue weighted by Crippen LogP contribution is -2.43. The summed E-state index contributed by atoms with van der Waals surface area (Å²) >= 11 is 6.00. The molecule has 134 valence electrons. The fourth-order valence-electron chi connectivity index (χ4n) is 2.06. The van der Waals surface area contributed by atoms with Crippen molar-refractivity contribution in [2.75, 3.05) is 27.2 Å². The van der Waals surface area contributed by atoms with Crippen molar-refractivity contribution in [1.29, 1.82) is 0 Å². The predicted molar refractivity (Wildman–Crippen MR) is 99.7 cm³/mol. The molecule has 0 saturated carbocycles. The highest BCUT2D eigenvalue weighted by Gasteiger charge is 2.06. The van der Waals surface area contributed by atoms with E-state index >= 15 is 0 Å². The van der Waals surface area contributed by atoms with Gasteiger partial charge in [-0.15, -0.1) is 0 Å². The Kier molecular flexibility index (Phi) is 7.35. The molecule has 1 aromatic heterocycles. The van der Waals surface area contributed by atoms with Gasteiger partial charge in [0.2, 0.25) is 5.91 Å². The fraction of sp³-hybridized carbons (Fsp3) is 0.333. The molecule has 0 saturated heterocycles. The van der Waals surface area contributed by atoms with E-state index in [0.717, 1.165) is 17.7 Å². The van der Waals surface area contributed by atoms with Crippen molar-refractivity contribution in [3.8, 4) is 0 Å². The molecule has 1 aromatic carbocycles. The first-order valence-corrected chi connectivity index (χ1v) is 8.41. The van der Waals surface area contributed by atoms with Crippen molar-refractivity contribution in [3.05, 3.63) is 59.0 Å². The number of furan rings is 1. The second kappa shape index (κ2) is 9.74. The summed E-state index contributed by atoms with van der Waals surface area (Å²) in [6.45, 7) is 1.28. The Bertz CT molecular complexity index is 699. The number of carbonyl (C=O) groups is 1. The summed E-state index contributed by atoms with van der Waals surface area (Å²) in [4.78, 5) is 17.8. The Morgan fingerprint density at radius 3 is 2.76 bits per heavy atom. The van der Waals surface area contributed by atoms with Gasteiger partial charge in [0, 0.05) is 32.1 Å². The van der Waals surface area contributed by atoms with Crippen LogP contribution in [0, 0.1) is 0 Å². The van der Waals surface area contributed by atoms with Gasteiger partial charge < -0.3 is 20.0 Å². The van der Waals surface area contributed by atoms with Gasteiger partial charge in [-0.3, -0.25) is 4.79 Å². The number of carbonyl (C=O) groups excluding carboxylic acids is 1. The summed E-state index contributed by atoms with van der Waals surface area (Å²) in [7, 11) is 3.44. The molecule has 2 N–H and O–H groups in total. The summed E-state index contributed by atoms with van der Waals surface area (Å²) in [5, 5.41) is 6.94. The van der Waals surface area contributed by atoms with E-state index in [-0.39, 0.29) is 12.5 Å². The zero-order valence-corrected chi connectivity index (χ0v) is 15.2. The number of nitrogens with zero attached hydrogens (tertiary/aromatic N) is 2. The number of rotatable bonds is 7. The van der Waals surface area contributed by atoms with Gasteiger partial charge in [-0.2, -0.15) is 0 Å². The second-order valence-electron chi connectivity index (χ2n) is 5.69. The Morgan fingerprint density at radius 1 is 1.24 bits per heavy atom. The zero-order valence-electron chi connectivity index (χ0n) is 14.5. The number of likely N-dealkylation sites (N-methyl/N-ethyl adjacent to an activating group) is 1. The quantitative estimate of drug-likeness (QED) is 0.585. The molecule has 25 heavy (non-hydrogen) atoms. The van der Waals surface area contributed by atoms with Crippen LogP contribution >= 0.6 is 11.6 Å². The molecule has 1 amide bonds. The molecule has 0 bridgehead atoms. The minimum atomic E-state index is -0.0247. The highest BCUT2D eigenvalue weighted by atomic mass is 35.5. The number of hydrogen-bond acceptors (Lipinski definition) is 3. The van der Waals surface area contributed by atoms with Gasteiger partial charge in [0.05, 0.1) is 19.4 Å². The van der Waals surface area contributed by atoms with Crippen molar-refractivity contribution >= 4 is 23.5 Å². The Morgan fingerprint density at radius 2 is 2.08 bits per heavy atom. The van der Waals surface area contributed by atoms with Crippen LogP contribution in [-0.2, 0) is 17.8 Å². The van der Waals surface area contributed by atoms with Crippen molar-refractivity contribution < 1.29 is 9.21 Å². The van der Waals surface area contributed by atoms with Gasteiger partial charge in [-0.05, 0) is 29.8 Å². The highest BCUT2D eigenvalue weighted by molar-refractivity contribution is 6.30. The predicted octanol–water partition coefficient (Wildman–Crippen LogP) is 2.30. The van der Waals surface area contributed by atoms with E-state index in [0.29, 0.717) is 24.1 Å². The standard InChI is InChI=1S/C18H23ClN4O2/c1-23(2)17(24)13-22-18(20-9-8-16-7-4-10-25-16)21-12-14-5-3-6-15(19)11-14/h3-7,10-11H,8-9,12-13H2,1-2H3,(H2,20,21,22). The maximum absolute atomic E-state index is 11.8. The molecule has 1 heterocycles. The van der Waals surface area contributed by atoms with Crippen LogP contribution < -0.4 is 10.6 Å². The molecule has 2 aromatic rings.